The van der Waals surface area contributed by atoms with E-state index in [0.717, 1.165) is 0 Å². The maximum Gasteiger partial charge on any atom is 0.335 e. The van der Waals surface area contributed by atoms with E-state index in [1.165, 1.54) is 0 Å². The molecule has 0 aromatic carbocycles. The van der Waals surface area contributed by atoms with Crippen LogP contribution in [0.5, 0.6) is 0 Å². The van der Waals surface area contributed by atoms with Crippen LogP contribution >= 0.6 is 0 Å². The summed E-state index contributed by atoms with van der Waals surface area (Å²) in [6, 6.07) is 0. The molecule has 0 aliphatic heterocycles. The molecule has 0 heterocycles. The molecule has 0 saturated carbocycles. The molecule has 0 fully saturated rings. The summed E-state index contributed by atoms with van der Waals surface area (Å²) in [6.45, 7) is 4.25. The zero-order chi connectivity index (χ0) is 11.7. The third kappa shape index (κ3) is 6.90. The first-order valence-corrected chi connectivity index (χ1v) is 5.12. The molecule has 0 bridgehead atoms. The number of aliphatic hydroxyl groups excluding tert-OH is 1. The lowest BCUT2D eigenvalue weighted by atomic mass is 10.2. The van der Waals surface area contributed by atoms with Crippen molar-refractivity contribution in [2.45, 2.75) is 39.2 Å². The van der Waals surface area contributed by atoms with Gasteiger partial charge in [-0.1, -0.05) is 13.8 Å². The highest BCUT2D eigenvalue weighted by Gasteiger charge is 2.20. The molecule has 5 heteroatoms. The van der Waals surface area contributed by atoms with Gasteiger partial charge in [-0.15, -0.1) is 0 Å². The largest absolute Gasteiger partial charge is 0.466 e. The Bertz CT molecular complexity index is 202. The fraction of sp³-hybridized carbons (Fsp3) is 0.800. The lowest BCUT2D eigenvalue weighted by molar-refractivity contribution is -0.160. The summed E-state index contributed by atoms with van der Waals surface area (Å²) in [6.07, 6.45) is -0.371. The predicted molar refractivity (Wildman–Crippen MR) is 53.1 cm³/mol. The molecule has 0 aromatic heterocycles. The molecule has 0 rings (SSSR count). The third-order valence-corrected chi connectivity index (χ3v) is 1.55. The van der Waals surface area contributed by atoms with Gasteiger partial charge in [0.15, 0.2) is 6.10 Å². The first-order valence-electron chi connectivity index (χ1n) is 5.12. The standard InChI is InChI=1S/C10H18O5/c1-3-5-14-9(12)7-8(11)10(13)15-6-4-2/h8,11H,3-7H2,1-2H3/t8-/m1/s1. The minimum absolute atomic E-state index is 0.250. The highest BCUT2D eigenvalue weighted by molar-refractivity contribution is 5.81. The summed E-state index contributed by atoms with van der Waals surface area (Å²) in [5, 5.41) is 9.24. The van der Waals surface area contributed by atoms with Crippen LogP contribution in [0.1, 0.15) is 33.1 Å². The predicted octanol–water partition coefficient (Wildman–Crippen LogP) is 0.644. The number of aliphatic hydroxyl groups is 1. The van der Waals surface area contributed by atoms with Crippen molar-refractivity contribution in [3.63, 3.8) is 0 Å². The van der Waals surface area contributed by atoms with Gasteiger partial charge in [-0.2, -0.15) is 0 Å². The third-order valence-electron chi connectivity index (χ3n) is 1.55. The van der Waals surface area contributed by atoms with E-state index in [9.17, 15) is 14.7 Å². The molecule has 0 amide bonds. The Morgan fingerprint density at radius 2 is 1.67 bits per heavy atom. The van der Waals surface area contributed by atoms with Crippen molar-refractivity contribution in [2.75, 3.05) is 13.2 Å². The lowest BCUT2D eigenvalue weighted by Crippen LogP contribution is -2.27. The first-order chi connectivity index (χ1) is 7.11. The fourth-order valence-electron chi connectivity index (χ4n) is 0.815. The van der Waals surface area contributed by atoms with Gasteiger partial charge in [0.25, 0.3) is 0 Å². The zero-order valence-corrected chi connectivity index (χ0v) is 9.19. The van der Waals surface area contributed by atoms with Crippen molar-refractivity contribution in [3.05, 3.63) is 0 Å². The van der Waals surface area contributed by atoms with E-state index < -0.39 is 18.0 Å². The van der Waals surface area contributed by atoms with Crippen molar-refractivity contribution in [3.8, 4) is 0 Å². The number of carbonyl (C=O) groups excluding carboxylic acids is 2. The molecule has 88 valence electrons. The van der Waals surface area contributed by atoms with Crippen LogP contribution in [-0.2, 0) is 19.1 Å². The van der Waals surface area contributed by atoms with Crippen LogP contribution in [0.4, 0.5) is 0 Å². The van der Waals surface area contributed by atoms with Crippen LogP contribution in [-0.4, -0.2) is 36.4 Å². The minimum atomic E-state index is -1.42. The molecule has 0 aliphatic carbocycles. The van der Waals surface area contributed by atoms with Crippen molar-refractivity contribution < 1.29 is 24.2 Å². The lowest BCUT2D eigenvalue weighted by Gasteiger charge is -2.09. The molecule has 0 radical (unpaired) electrons. The maximum atomic E-state index is 11.0. The summed E-state index contributed by atoms with van der Waals surface area (Å²) >= 11 is 0. The Kier molecular flexibility index (Phi) is 7.62. The van der Waals surface area contributed by atoms with Crippen molar-refractivity contribution in [1.29, 1.82) is 0 Å². The Labute approximate surface area is 89.4 Å². The Morgan fingerprint density at radius 3 is 2.20 bits per heavy atom. The van der Waals surface area contributed by atoms with Gasteiger partial charge in [-0.3, -0.25) is 4.79 Å². The van der Waals surface area contributed by atoms with Crippen LogP contribution in [0.25, 0.3) is 0 Å². The summed E-state index contributed by atoms with van der Waals surface area (Å²) in [7, 11) is 0. The second kappa shape index (κ2) is 8.23. The van der Waals surface area contributed by atoms with Crippen LogP contribution in [0.15, 0.2) is 0 Å². The van der Waals surface area contributed by atoms with Crippen LogP contribution in [0.3, 0.4) is 0 Å². The molecular formula is C10H18O5. The van der Waals surface area contributed by atoms with E-state index in [-0.39, 0.29) is 13.0 Å². The number of ether oxygens (including phenoxy) is 2. The molecule has 1 atom stereocenters. The van der Waals surface area contributed by atoms with Crippen molar-refractivity contribution in [1.82, 2.24) is 0 Å². The number of rotatable bonds is 7. The molecule has 5 nitrogen and oxygen atoms in total. The number of hydrogen-bond donors (Lipinski definition) is 1. The van der Waals surface area contributed by atoms with Crippen molar-refractivity contribution in [2.24, 2.45) is 0 Å². The van der Waals surface area contributed by atoms with Crippen LogP contribution < -0.4 is 0 Å². The van der Waals surface area contributed by atoms with Gasteiger partial charge >= 0.3 is 11.9 Å². The molecule has 0 spiro atoms. The Morgan fingerprint density at radius 1 is 1.13 bits per heavy atom. The van der Waals surface area contributed by atoms with Crippen LogP contribution in [0.2, 0.25) is 0 Å². The molecule has 1 N–H and O–H groups in total. The fourth-order valence-corrected chi connectivity index (χ4v) is 0.815. The Balaban J connectivity index is 3.75. The maximum absolute atomic E-state index is 11.0. The molecule has 15 heavy (non-hydrogen) atoms. The molecular weight excluding hydrogens is 200 g/mol. The molecule has 0 aliphatic rings. The second-order valence-corrected chi connectivity index (χ2v) is 3.11. The van der Waals surface area contributed by atoms with Crippen LogP contribution in [0, 0.1) is 0 Å². The smallest absolute Gasteiger partial charge is 0.335 e. The van der Waals surface area contributed by atoms with Gasteiger partial charge in [0, 0.05) is 0 Å². The summed E-state index contributed by atoms with van der Waals surface area (Å²) < 4.78 is 9.37. The van der Waals surface area contributed by atoms with Gasteiger partial charge < -0.3 is 14.6 Å². The SMILES string of the molecule is CCCOC(=O)C[C@@H](O)C(=O)OCCC. The second-order valence-electron chi connectivity index (χ2n) is 3.11. The number of carbonyl (C=O) groups is 2. The average molecular weight is 218 g/mol. The van der Waals surface area contributed by atoms with E-state index in [2.05, 4.69) is 4.74 Å². The summed E-state index contributed by atoms with van der Waals surface area (Å²) in [4.78, 5) is 22.0. The highest BCUT2D eigenvalue weighted by atomic mass is 16.6. The molecule has 0 saturated heterocycles. The van der Waals surface area contributed by atoms with E-state index in [0.29, 0.717) is 19.4 Å². The summed E-state index contributed by atoms with van der Waals surface area (Å²) in [5.41, 5.74) is 0. The van der Waals surface area contributed by atoms with Gasteiger partial charge in [0.05, 0.1) is 19.6 Å². The van der Waals surface area contributed by atoms with Gasteiger partial charge in [-0.05, 0) is 12.8 Å². The topological polar surface area (TPSA) is 72.8 Å². The van der Waals surface area contributed by atoms with Gasteiger partial charge in [0.2, 0.25) is 0 Å². The quantitative estimate of drug-likeness (QED) is 0.635. The Hall–Kier alpha value is -1.10. The number of hydrogen-bond acceptors (Lipinski definition) is 5. The van der Waals surface area contributed by atoms with E-state index in [1.807, 2.05) is 13.8 Å². The highest BCUT2D eigenvalue weighted by Crippen LogP contribution is 1.99. The van der Waals surface area contributed by atoms with E-state index >= 15 is 0 Å². The molecule has 0 aromatic rings. The van der Waals surface area contributed by atoms with Gasteiger partial charge in [0.1, 0.15) is 0 Å². The number of esters is 2. The average Bonchev–Trinajstić information content (AvgIpc) is 2.22. The van der Waals surface area contributed by atoms with E-state index in [4.69, 9.17) is 4.74 Å². The minimum Gasteiger partial charge on any atom is -0.466 e. The van der Waals surface area contributed by atoms with Gasteiger partial charge in [-0.25, -0.2) is 4.79 Å². The molecule has 0 unspecified atom stereocenters. The first kappa shape index (κ1) is 13.9. The monoisotopic (exact) mass is 218 g/mol. The normalized spacial score (nSPS) is 11.9. The van der Waals surface area contributed by atoms with E-state index in [1.54, 1.807) is 0 Å². The van der Waals surface area contributed by atoms with Crippen molar-refractivity contribution >= 4 is 11.9 Å². The zero-order valence-electron chi connectivity index (χ0n) is 9.19. The summed E-state index contributed by atoms with van der Waals surface area (Å²) in [5.74, 6) is -1.36.